The van der Waals surface area contributed by atoms with Gasteiger partial charge in [-0.15, -0.1) is 0 Å². The second-order valence-electron chi connectivity index (χ2n) is 8.64. The first-order valence-electron chi connectivity index (χ1n) is 10.3. The van der Waals surface area contributed by atoms with Crippen LogP contribution < -0.4 is 0 Å². The lowest BCUT2D eigenvalue weighted by molar-refractivity contribution is -0.137. The first-order valence-corrected chi connectivity index (χ1v) is 10.3. The van der Waals surface area contributed by atoms with Gasteiger partial charge in [-0.2, -0.15) is 0 Å². The molecule has 1 saturated carbocycles. The molecule has 0 aliphatic heterocycles. The summed E-state index contributed by atoms with van der Waals surface area (Å²) in [5.74, 6) is -5.61. The summed E-state index contributed by atoms with van der Waals surface area (Å²) < 4.78 is 28.8. The average molecular weight is 403 g/mol. The van der Waals surface area contributed by atoms with Gasteiger partial charge in [-0.25, -0.2) is 8.78 Å². The van der Waals surface area contributed by atoms with Gasteiger partial charge in [-0.3, -0.25) is 4.79 Å². The normalized spacial score (nSPS) is 26.3. The molecule has 0 heterocycles. The molecule has 0 amide bonds. The van der Waals surface area contributed by atoms with E-state index in [1.54, 1.807) is 12.2 Å². The topological polar surface area (TPSA) is 77.8 Å². The molecular formula is C22H36F2O4. The number of aliphatic hydroxyl groups is 2. The molecule has 0 unspecified atom stereocenters. The largest absolute Gasteiger partial charge is 0.481 e. The number of aliphatic carboxylic acids is 1. The Kier molecular flexibility index (Phi) is 9.78. The van der Waals surface area contributed by atoms with E-state index in [1.165, 1.54) is 12.2 Å². The van der Waals surface area contributed by atoms with Crippen LogP contribution in [-0.4, -0.2) is 39.4 Å². The van der Waals surface area contributed by atoms with Gasteiger partial charge in [0.25, 0.3) is 5.92 Å². The van der Waals surface area contributed by atoms with Crippen LogP contribution in [-0.2, 0) is 4.79 Å². The molecule has 3 N–H and O–H groups in total. The molecule has 162 valence electrons. The molecule has 4 nitrogen and oxygen atoms in total. The highest BCUT2D eigenvalue weighted by Crippen LogP contribution is 2.47. The van der Waals surface area contributed by atoms with Gasteiger partial charge >= 0.3 is 5.97 Å². The van der Waals surface area contributed by atoms with Crippen LogP contribution in [0.25, 0.3) is 0 Å². The zero-order chi connectivity index (χ0) is 21.4. The maximum absolute atomic E-state index is 14.4. The van der Waals surface area contributed by atoms with Crippen molar-refractivity contribution in [1.29, 1.82) is 0 Å². The molecule has 0 spiro atoms. The molecule has 0 radical (unpaired) electrons. The Balaban J connectivity index is 2.73. The summed E-state index contributed by atoms with van der Waals surface area (Å²) in [5, 5.41) is 29.2. The second-order valence-corrected chi connectivity index (χ2v) is 8.64. The monoisotopic (exact) mass is 402 g/mol. The maximum Gasteiger partial charge on any atom is 0.303 e. The summed E-state index contributed by atoms with van der Waals surface area (Å²) in [6.07, 6.45) is 8.11. The third-order valence-electron chi connectivity index (χ3n) is 5.74. The summed E-state index contributed by atoms with van der Waals surface area (Å²) in [4.78, 5) is 10.5. The standard InChI is InChI=1S/C22H36F2O4/c1-4-5-14-21(2,3)19(26)13-12-17-16(18(25)15-22(17,23)24)10-8-6-7-9-11-20(27)28/h6,8,12-13,16-19,25-26H,4-5,7,9-11,14-15H2,1-3H3,(H,27,28)/t16-,17-,18+,19-/m1/s1. The van der Waals surface area contributed by atoms with Crippen LogP contribution in [0.1, 0.15) is 72.1 Å². The molecule has 0 aromatic rings. The molecule has 4 atom stereocenters. The summed E-state index contributed by atoms with van der Waals surface area (Å²) in [7, 11) is 0. The minimum Gasteiger partial charge on any atom is -0.481 e. The lowest BCUT2D eigenvalue weighted by Crippen LogP contribution is -2.29. The summed E-state index contributed by atoms with van der Waals surface area (Å²) in [5.41, 5.74) is -0.390. The first kappa shape index (κ1) is 24.8. The molecule has 0 saturated heterocycles. The predicted octanol–water partition coefficient (Wildman–Crippen LogP) is 4.95. The van der Waals surface area contributed by atoms with Crippen molar-refractivity contribution in [2.45, 2.75) is 90.3 Å². The number of allylic oxidation sites excluding steroid dienone is 3. The minimum absolute atomic E-state index is 0.0749. The van der Waals surface area contributed by atoms with E-state index in [1.807, 2.05) is 13.8 Å². The summed E-state index contributed by atoms with van der Waals surface area (Å²) >= 11 is 0. The van der Waals surface area contributed by atoms with E-state index in [2.05, 4.69) is 6.92 Å². The van der Waals surface area contributed by atoms with Gasteiger partial charge in [0.05, 0.1) is 12.2 Å². The lowest BCUT2D eigenvalue weighted by atomic mass is 9.80. The molecule has 1 rings (SSSR count). The molecule has 6 heteroatoms. The first-order chi connectivity index (χ1) is 13.0. The SMILES string of the molecule is CCCCC(C)(C)[C@H](O)C=C[C@@H]1[C@@H](CC=CCCCC(=O)O)[C@@H](O)CC1(F)F. The number of rotatable bonds is 12. The number of carboxylic acids is 1. The highest BCUT2D eigenvalue weighted by molar-refractivity contribution is 5.66. The fourth-order valence-electron chi connectivity index (χ4n) is 3.71. The van der Waals surface area contributed by atoms with Crippen molar-refractivity contribution >= 4 is 5.97 Å². The van der Waals surface area contributed by atoms with Crippen LogP contribution in [0, 0.1) is 17.3 Å². The van der Waals surface area contributed by atoms with Gasteiger partial charge in [0.15, 0.2) is 0 Å². The Morgan fingerprint density at radius 3 is 2.57 bits per heavy atom. The number of alkyl halides is 2. The van der Waals surface area contributed by atoms with E-state index in [0.29, 0.717) is 19.3 Å². The van der Waals surface area contributed by atoms with Crippen molar-refractivity contribution < 1.29 is 28.9 Å². The Labute approximate surface area is 167 Å². The zero-order valence-corrected chi connectivity index (χ0v) is 17.3. The third-order valence-corrected chi connectivity index (χ3v) is 5.74. The van der Waals surface area contributed by atoms with Gasteiger partial charge in [0.1, 0.15) is 0 Å². The number of aliphatic hydroxyl groups excluding tert-OH is 2. The summed E-state index contributed by atoms with van der Waals surface area (Å²) in [6.45, 7) is 5.92. The molecule has 28 heavy (non-hydrogen) atoms. The van der Waals surface area contributed by atoms with Crippen LogP contribution in [0.5, 0.6) is 0 Å². The van der Waals surface area contributed by atoms with Gasteiger partial charge in [0, 0.05) is 24.7 Å². The van der Waals surface area contributed by atoms with Crippen LogP contribution >= 0.6 is 0 Å². The number of carbonyl (C=O) groups is 1. The van der Waals surface area contributed by atoms with Gasteiger partial charge in [-0.1, -0.05) is 57.9 Å². The molecule has 1 aliphatic carbocycles. The fraction of sp³-hybridized carbons (Fsp3) is 0.773. The number of hydrogen-bond donors (Lipinski definition) is 3. The van der Waals surface area contributed by atoms with E-state index < -0.39 is 47.8 Å². The van der Waals surface area contributed by atoms with Gasteiger partial charge in [-0.05, 0) is 31.1 Å². The Morgan fingerprint density at radius 1 is 1.29 bits per heavy atom. The van der Waals surface area contributed by atoms with Crippen molar-refractivity contribution in [2.24, 2.45) is 17.3 Å². The molecule has 0 aromatic heterocycles. The molecule has 1 aliphatic rings. The molecule has 0 bridgehead atoms. The second kappa shape index (κ2) is 11.1. The van der Waals surface area contributed by atoms with Gasteiger partial charge < -0.3 is 15.3 Å². The Bertz CT molecular complexity index is 543. The van der Waals surface area contributed by atoms with Crippen molar-refractivity contribution in [3.05, 3.63) is 24.3 Å². The smallest absolute Gasteiger partial charge is 0.303 e. The van der Waals surface area contributed by atoms with Crippen LogP contribution in [0.4, 0.5) is 8.78 Å². The van der Waals surface area contributed by atoms with Crippen molar-refractivity contribution in [1.82, 2.24) is 0 Å². The van der Waals surface area contributed by atoms with E-state index in [-0.39, 0.29) is 6.42 Å². The lowest BCUT2D eigenvalue weighted by Gasteiger charge is -2.29. The highest BCUT2D eigenvalue weighted by Gasteiger charge is 2.53. The quantitative estimate of drug-likeness (QED) is 0.319. The fourth-order valence-corrected chi connectivity index (χ4v) is 3.71. The average Bonchev–Trinajstić information content (AvgIpc) is 2.81. The minimum atomic E-state index is -3.01. The van der Waals surface area contributed by atoms with E-state index in [0.717, 1.165) is 19.3 Å². The maximum atomic E-state index is 14.4. The number of halogens is 2. The van der Waals surface area contributed by atoms with E-state index in [9.17, 15) is 23.8 Å². The molecular weight excluding hydrogens is 366 g/mol. The number of carboxylic acid groups (broad SMARTS) is 1. The zero-order valence-electron chi connectivity index (χ0n) is 17.3. The Hall–Kier alpha value is -1.27. The third kappa shape index (κ3) is 7.63. The molecule has 1 fully saturated rings. The Morgan fingerprint density at radius 2 is 1.96 bits per heavy atom. The van der Waals surface area contributed by atoms with Crippen LogP contribution in [0.15, 0.2) is 24.3 Å². The predicted molar refractivity (Wildman–Crippen MR) is 106 cm³/mol. The summed E-state index contributed by atoms with van der Waals surface area (Å²) in [6, 6.07) is 0. The number of hydrogen-bond acceptors (Lipinski definition) is 3. The van der Waals surface area contributed by atoms with E-state index >= 15 is 0 Å². The van der Waals surface area contributed by atoms with Crippen molar-refractivity contribution in [3.63, 3.8) is 0 Å². The van der Waals surface area contributed by atoms with Crippen LogP contribution in [0.2, 0.25) is 0 Å². The number of unbranched alkanes of at least 4 members (excludes halogenated alkanes) is 2. The van der Waals surface area contributed by atoms with Crippen LogP contribution in [0.3, 0.4) is 0 Å². The van der Waals surface area contributed by atoms with Crippen molar-refractivity contribution in [3.8, 4) is 0 Å². The molecule has 0 aromatic carbocycles. The van der Waals surface area contributed by atoms with E-state index in [4.69, 9.17) is 5.11 Å². The van der Waals surface area contributed by atoms with Crippen molar-refractivity contribution in [2.75, 3.05) is 0 Å². The highest BCUT2D eigenvalue weighted by atomic mass is 19.3. The van der Waals surface area contributed by atoms with Gasteiger partial charge in [0.2, 0.25) is 0 Å².